The summed E-state index contributed by atoms with van der Waals surface area (Å²) in [5, 5.41) is 3.57. The predicted octanol–water partition coefficient (Wildman–Crippen LogP) is 3.65. The molecule has 1 rings (SSSR count). The minimum absolute atomic E-state index is 0.266. The van der Waals surface area contributed by atoms with Gasteiger partial charge in [-0.2, -0.15) is 0 Å². The van der Waals surface area contributed by atoms with E-state index in [0.29, 0.717) is 11.8 Å². The highest BCUT2D eigenvalue weighted by Crippen LogP contribution is 2.29. The summed E-state index contributed by atoms with van der Waals surface area (Å²) in [7, 11) is 3.36. The number of nitrogens with one attached hydrogen (secondary N) is 1. The second-order valence-electron chi connectivity index (χ2n) is 5.46. The zero-order valence-corrected chi connectivity index (χ0v) is 13.0. The lowest BCUT2D eigenvalue weighted by Crippen LogP contribution is -2.27. The number of benzene rings is 1. The van der Waals surface area contributed by atoms with Crippen LogP contribution >= 0.6 is 0 Å². The van der Waals surface area contributed by atoms with Crippen LogP contribution in [0.15, 0.2) is 18.2 Å². The molecule has 3 nitrogen and oxygen atoms in total. The molecule has 19 heavy (non-hydrogen) atoms. The van der Waals surface area contributed by atoms with Crippen LogP contribution in [0.2, 0.25) is 0 Å². The highest BCUT2D eigenvalue weighted by molar-refractivity contribution is 5.42. The van der Waals surface area contributed by atoms with Crippen molar-refractivity contribution >= 4 is 0 Å². The first-order valence-corrected chi connectivity index (χ1v) is 6.94. The van der Waals surface area contributed by atoms with Crippen LogP contribution < -0.4 is 14.8 Å². The molecule has 0 saturated heterocycles. The summed E-state index contributed by atoms with van der Waals surface area (Å²) in [6.07, 6.45) is 0. The van der Waals surface area contributed by atoms with Crippen molar-refractivity contribution in [3.05, 3.63) is 23.8 Å². The lowest BCUT2D eigenvalue weighted by atomic mass is 9.97. The van der Waals surface area contributed by atoms with Gasteiger partial charge in [-0.15, -0.1) is 0 Å². The molecule has 0 radical (unpaired) electrons. The van der Waals surface area contributed by atoms with Gasteiger partial charge in [0, 0.05) is 17.7 Å². The van der Waals surface area contributed by atoms with E-state index in [1.54, 1.807) is 14.2 Å². The Hall–Kier alpha value is -1.22. The van der Waals surface area contributed by atoms with Crippen molar-refractivity contribution in [3.8, 4) is 11.5 Å². The van der Waals surface area contributed by atoms with Gasteiger partial charge in [0.05, 0.1) is 14.2 Å². The minimum Gasteiger partial charge on any atom is -0.497 e. The highest BCUT2D eigenvalue weighted by atomic mass is 16.5. The summed E-state index contributed by atoms with van der Waals surface area (Å²) in [4.78, 5) is 0. The lowest BCUT2D eigenvalue weighted by molar-refractivity contribution is 0.363. The monoisotopic (exact) mass is 265 g/mol. The van der Waals surface area contributed by atoms with Gasteiger partial charge in [-0.1, -0.05) is 26.8 Å². The van der Waals surface area contributed by atoms with Crippen molar-refractivity contribution in [2.75, 3.05) is 20.8 Å². The molecule has 1 aromatic carbocycles. The van der Waals surface area contributed by atoms with Crippen LogP contribution in [-0.2, 0) is 0 Å². The average Bonchev–Trinajstić information content (AvgIpc) is 2.43. The SMILES string of the molecule is COc1ccc(C(C)NCC(C)C(C)C)c(OC)c1. The molecule has 2 unspecified atom stereocenters. The van der Waals surface area contributed by atoms with Gasteiger partial charge in [0.1, 0.15) is 11.5 Å². The average molecular weight is 265 g/mol. The maximum Gasteiger partial charge on any atom is 0.127 e. The van der Waals surface area contributed by atoms with Crippen LogP contribution in [0.3, 0.4) is 0 Å². The topological polar surface area (TPSA) is 30.5 Å². The van der Waals surface area contributed by atoms with E-state index in [4.69, 9.17) is 9.47 Å². The van der Waals surface area contributed by atoms with Crippen molar-refractivity contribution in [1.82, 2.24) is 5.32 Å². The van der Waals surface area contributed by atoms with Gasteiger partial charge in [0.25, 0.3) is 0 Å². The van der Waals surface area contributed by atoms with E-state index >= 15 is 0 Å². The Labute approximate surface area is 117 Å². The molecule has 3 heteroatoms. The third-order valence-electron chi connectivity index (χ3n) is 3.79. The molecule has 2 atom stereocenters. The molecular formula is C16H27NO2. The zero-order chi connectivity index (χ0) is 14.4. The standard InChI is InChI=1S/C16H27NO2/c1-11(2)12(3)10-17-13(4)15-8-7-14(18-5)9-16(15)19-6/h7-9,11-13,17H,10H2,1-6H3. The third kappa shape index (κ3) is 4.43. The summed E-state index contributed by atoms with van der Waals surface area (Å²) >= 11 is 0. The van der Waals surface area contributed by atoms with E-state index in [2.05, 4.69) is 39.1 Å². The highest BCUT2D eigenvalue weighted by Gasteiger charge is 2.14. The van der Waals surface area contributed by atoms with Crippen molar-refractivity contribution in [2.45, 2.75) is 33.7 Å². The second-order valence-corrected chi connectivity index (χ2v) is 5.46. The fourth-order valence-corrected chi connectivity index (χ4v) is 1.88. The summed E-state index contributed by atoms with van der Waals surface area (Å²) < 4.78 is 10.7. The number of methoxy groups -OCH3 is 2. The van der Waals surface area contributed by atoms with Crippen LogP contribution in [0.25, 0.3) is 0 Å². The largest absolute Gasteiger partial charge is 0.497 e. The Balaban J connectivity index is 2.73. The number of hydrogen-bond donors (Lipinski definition) is 1. The van der Waals surface area contributed by atoms with Crippen LogP contribution in [0.1, 0.15) is 39.3 Å². The first-order chi connectivity index (χ1) is 8.99. The number of hydrogen-bond acceptors (Lipinski definition) is 3. The van der Waals surface area contributed by atoms with E-state index in [1.165, 1.54) is 5.56 Å². The minimum atomic E-state index is 0.266. The summed E-state index contributed by atoms with van der Waals surface area (Å²) in [6.45, 7) is 9.96. The summed E-state index contributed by atoms with van der Waals surface area (Å²) in [5.41, 5.74) is 1.17. The molecule has 0 spiro atoms. The fraction of sp³-hybridized carbons (Fsp3) is 0.625. The number of rotatable bonds is 7. The Morgan fingerprint density at radius 1 is 1.05 bits per heavy atom. The zero-order valence-electron chi connectivity index (χ0n) is 13.0. The van der Waals surface area contributed by atoms with Crippen molar-refractivity contribution in [2.24, 2.45) is 11.8 Å². The van der Waals surface area contributed by atoms with Gasteiger partial charge in [0.15, 0.2) is 0 Å². The smallest absolute Gasteiger partial charge is 0.127 e. The van der Waals surface area contributed by atoms with Crippen molar-refractivity contribution in [1.29, 1.82) is 0 Å². The summed E-state index contributed by atoms with van der Waals surface area (Å²) in [5.74, 6) is 3.05. The van der Waals surface area contributed by atoms with Gasteiger partial charge in [-0.3, -0.25) is 0 Å². The van der Waals surface area contributed by atoms with Gasteiger partial charge >= 0.3 is 0 Å². The number of ether oxygens (including phenoxy) is 2. The van der Waals surface area contributed by atoms with Gasteiger partial charge < -0.3 is 14.8 Å². The van der Waals surface area contributed by atoms with E-state index in [1.807, 2.05) is 12.1 Å². The van der Waals surface area contributed by atoms with Crippen LogP contribution in [0.4, 0.5) is 0 Å². The fourth-order valence-electron chi connectivity index (χ4n) is 1.88. The molecule has 0 aliphatic heterocycles. The molecule has 0 bridgehead atoms. The molecular weight excluding hydrogens is 238 g/mol. The molecule has 0 amide bonds. The first-order valence-electron chi connectivity index (χ1n) is 6.94. The van der Waals surface area contributed by atoms with Gasteiger partial charge in [0.2, 0.25) is 0 Å². The van der Waals surface area contributed by atoms with Gasteiger partial charge in [-0.05, 0) is 31.4 Å². The quantitative estimate of drug-likeness (QED) is 0.816. The lowest BCUT2D eigenvalue weighted by Gasteiger charge is -2.22. The molecule has 0 aliphatic carbocycles. The summed E-state index contributed by atoms with van der Waals surface area (Å²) in [6, 6.07) is 6.23. The molecule has 0 aromatic heterocycles. The molecule has 0 fully saturated rings. The predicted molar refractivity (Wildman–Crippen MR) is 80.0 cm³/mol. The Bertz CT molecular complexity index is 390. The van der Waals surface area contributed by atoms with Gasteiger partial charge in [-0.25, -0.2) is 0 Å². The van der Waals surface area contributed by atoms with E-state index in [9.17, 15) is 0 Å². The maximum atomic E-state index is 5.44. The molecule has 0 aliphatic rings. The third-order valence-corrected chi connectivity index (χ3v) is 3.79. The van der Waals surface area contributed by atoms with E-state index in [-0.39, 0.29) is 6.04 Å². The van der Waals surface area contributed by atoms with Crippen LogP contribution in [0.5, 0.6) is 11.5 Å². The van der Waals surface area contributed by atoms with Crippen molar-refractivity contribution in [3.63, 3.8) is 0 Å². The Morgan fingerprint density at radius 2 is 1.74 bits per heavy atom. The maximum absolute atomic E-state index is 5.44. The normalized spacial score (nSPS) is 14.3. The molecule has 0 saturated carbocycles. The second kappa shape index (κ2) is 7.39. The van der Waals surface area contributed by atoms with E-state index < -0.39 is 0 Å². The molecule has 0 heterocycles. The molecule has 1 aromatic rings. The van der Waals surface area contributed by atoms with Crippen LogP contribution in [-0.4, -0.2) is 20.8 Å². The Kier molecular flexibility index (Phi) is 6.16. The first kappa shape index (κ1) is 15.8. The van der Waals surface area contributed by atoms with Crippen LogP contribution in [0, 0.1) is 11.8 Å². The molecule has 108 valence electrons. The molecule has 1 N–H and O–H groups in total. The Morgan fingerprint density at radius 3 is 2.26 bits per heavy atom. The van der Waals surface area contributed by atoms with Crippen molar-refractivity contribution < 1.29 is 9.47 Å². The van der Waals surface area contributed by atoms with E-state index in [0.717, 1.165) is 18.0 Å².